The van der Waals surface area contributed by atoms with Gasteiger partial charge in [0.15, 0.2) is 6.61 Å². The fourth-order valence-corrected chi connectivity index (χ4v) is 2.42. The Hall–Kier alpha value is -2.18. The molecule has 2 rings (SSSR count). The predicted octanol–water partition coefficient (Wildman–Crippen LogP) is -0.773. The standard InChI is InChI=1S/C13H16N2O5/c1-14-10(16)7-20-11(17)6-15-12(18)8-4-2-3-5-9(8)13(15)19/h2-3,8-9H,4-7H2,1H3,(H,14,16)/t8-,9-/m1/s1. The minimum Gasteiger partial charge on any atom is -0.454 e. The largest absolute Gasteiger partial charge is 0.454 e. The van der Waals surface area contributed by atoms with Crippen molar-refractivity contribution in [1.82, 2.24) is 10.2 Å². The smallest absolute Gasteiger partial charge is 0.326 e. The highest BCUT2D eigenvalue weighted by molar-refractivity contribution is 6.07. The van der Waals surface area contributed by atoms with Crippen LogP contribution in [0.1, 0.15) is 12.8 Å². The number of imide groups is 1. The quantitative estimate of drug-likeness (QED) is 0.414. The molecule has 1 aliphatic heterocycles. The number of carbonyl (C=O) groups is 4. The first-order valence-electron chi connectivity index (χ1n) is 6.41. The number of allylic oxidation sites excluding steroid dienone is 2. The highest BCUT2D eigenvalue weighted by atomic mass is 16.5. The third-order valence-electron chi connectivity index (χ3n) is 3.53. The van der Waals surface area contributed by atoms with Crippen LogP contribution in [0.3, 0.4) is 0 Å². The van der Waals surface area contributed by atoms with E-state index in [0.29, 0.717) is 12.8 Å². The number of fused-ring (bicyclic) bond motifs is 1. The molecule has 1 fully saturated rings. The molecule has 0 spiro atoms. The van der Waals surface area contributed by atoms with Crippen LogP contribution in [-0.2, 0) is 23.9 Å². The van der Waals surface area contributed by atoms with Crippen molar-refractivity contribution in [2.24, 2.45) is 11.8 Å². The molecule has 0 bridgehead atoms. The van der Waals surface area contributed by atoms with Gasteiger partial charge in [-0.1, -0.05) is 12.2 Å². The van der Waals surface area contributed by atoms with Crippen LogP contribution in [0.15, 0.2) is 12.2 Å². The van der Waals surface area contributed by atoms with E-state index in [-0.39, 0.29) is 23.7 Å². The van der Waals surface area contributed by atoms with Crippen molar-refractivity contribution >= 4 is 23.7 Å². The second-order valence-corrected chi connectivity index (χ2v) is 4.75. The van der Waals surface area contributed by atoms with E-state index in [2.05, 4.69) is 5.32 Å². The molecule has 1 aliphatic carbocycles. The zero-order valence-electron chi connectivity index (χ0n) is 11.1. The number of hydrogen-bond donors (Lipinski definition) is 1. The fraction of sp³-hybridized carbons (Fsp3) is 0.538. The average Bonchev–Trinajstić information content (AvgIpc) is 2.70. The molecule has 0 radical (unpaired) electrons. The van der Waals surface area contributed by atoms with E-state index in [1.807, 2.05) is 12.2 Å². The van der Waals surface area contributed by atoms with E-state index in [4.69, 9.17) is 4.74 Å². The molecule has 1 N–H and O–H groups in total. The number of likely N-dealkylation sites (N-methyl/N-ethyl adjacent to an activating group) is 1. The van der Waals surface area contributed by atoms with Gasteiger partial charge in [-0.3, -0.25) is 24.1 Å². The minimum absolute atomic E-state index is 0.332. The SMILES string of the molecule is CNC(=O)COC(=O)CN1C(=O)[C@@H]2CC=CC[C@H]2C1=O. The van der Waals surface area contributed by atoms with E-state index in [1.165, 1.54) is 7.05 Å². The first-order chi connectivity index (χ1) is 9.54. The lowest BCUT2D eigenvalue weighted by Crippen LogP contribution is -2.37. The van der Waals surface area contributed by atoms with Gasteiger partial charge in [0.05, 0.1) is 11.8 Å². The summed E-state index contributed by atoms with van der Waals surface area (Å²) in [6.45, 7) is -0.846. The lowest BCUT2D eigenvalue weighted by atomic mass is 9.85. The summed E-state index contributed by atoms with van der Waals surface area (Å²) in [5.41, 5.74) is 0. The number of carbonyl (C=O) groups excluding carboxylic acids is 4. The number of hydrogen-bond acceptors (Lipinski definition) is 5. The number of esters is 1. The van der Waals surface area contributed by atoms with Crippen molar-refractivity contribution in [3.8, 4) is 0 Å². The molecule has 1 saturated heterocycles. The highest BCUT2D eigenvalue weighted by Gasteiger charge is 2.47. The summed E-state index contributed by atoms with van der Waals surface area (Å²) >= 11 is 0. The van der Waals surface area contributed by atoms with Gasteiger partial charge in [-0.15, -0.1) is 0 Å². The number of rotatable bonds is 4. The molecule has 0 aromatic carbocycles. The summed E-state index contributed by atoms with van der Waals surface area (Å²) < 4.78 is 4.69. The van der Waals surface area contributed by atoms with Crippen LogP contribution >= 0.6 is 0 Å². The second kappa shape index (κ2) is 5.85. The maximum Gasteiger partial charge on any atom is 0.326 e. The fourth-order valence-electron chi connectivity index (χ4n) is 2.42. The maximum absolute atomic E-state index is 12.1. The van der Waals surface area contributed by atoms with Gasteiger partial charge in [0.1, 0.15) is 6.54 Å². The summed E-state index contributed by atoms with van der Waals surface area (Å²) in [5.74, 6) is -2.60. The van der Waals surface area contributed by atoms with Crippen molar-refractivity contribution in [3.05, 3.63) is 12.2 Å². The number of likely N-dealkylation sites (tertiary alicyclic amines) is 1. The Morgan fingerprint density at radius 1 is 1.25 bits per heavy atom. The zero-order chi connectivity index (χ0) is 14.7. The average molecular weight is 280 g/mol. The lowest BCUT2D eigenvalue weighted by molar-refractivity contribution is -0.154. The van der Waals surface area contributed by atoms with Gasteiger partial charge in [-0.05, 0) is 12.8 Å². The summed E-state index contributed by atoms with van der Waals surface area (Å²) in [4.78, 5) is 47.6. The Balaban J connectivity index is 1.93. The van der Waals surface area contributed by atoms with Crippen LogP contribution < -0.4 is 5.32 Å². The molecular weight excluding hydrogens is 264 g/mol. The topological polar surface area (TPSA) is 92.8 Å². The normalized spacial score (nSPS) is 24.6. The van der Waals surface area contributed by atoms with Crippen molar-refractivity contribution < 1.29 is 23.9 Å². The molecule has 1 heterocycles. The van der Waals surface area contributed by atoms with E-state index in [9.17, 15) is 19.2 Å². The molecule has 0 saturated carbocycles. The molecular formula is C13H16N2O5. The Labute approximate surface area is 115 Å². The van der Waals surface area contributed by atoms with Gasteiger partial charge in [0.2, 0.25) is 11.8 Å². The van der Waals surface area contributed by atoms with Crippen molar-refractivity contribution in [2.75, 3.05) is 20.2 Å². The van der Waals surface area contributed by atoms with Gasteiger partial charge in [-0.2, -0.15) is 0 Å². The number of nitrogens with zero attached hydrogens (tertiary/aromatic N) is 1. The van der Waals surface area contributed by atoms with Crippen molar-refractivity contribution in [3.63, 3.8) is 0 Å². The molecule has 0 unspecified atom stereocenters. The molecule has 2 atom stereocenters. The molecule has 20 heavy (non-hydrogen) atoms. The van der Waals surface area contributed by atoms with E-state index < -0.39 is 25.0 Å². The van der Waals surface area contributed by atoms with E-state index >= 15 is 0 Å². The first-order valence-corrected chi connectivity index (χ1v) is 6.41. The number of ether oxygens (including phenoxy) is 1. The van der Waals surface area contributed by atoms with E-state index in [0.717, 1.165) is 4.90 Å². The van der Waals surface area contributed by atoms with Gasteiger partial charge in [-0.25, -0.2) is 0 Å². The Morgan fingerprint density at radius 2 is 1.80 bits per heavy atom. The van der Waals surface area contributed by atoms with Gasteiger partial charge in [0, 0.05) is 7.05 Å². The van der Waals surface area contributed by atoms with Crippen molar-refractivity contribution in [2.45, 2.75) is 12.8 Å². The molecule has 7 heteroatoms. The summed E-state index contributed by atoms with van der Waals surface area (Å²) in [6, 6.07) is 0. The van der Waals surface area contributed by atoms with Crippen LogP contribution in [0.2, 0.25) is 0 Å². The third-order valence-corrected chi connectivity index (χ3v) is 3.53. The van der Waals surface area contributed by atoms with Gasteiger partial charge in [0.25, 0.3) is 5.91 Å². The van der Waals surface area contributed by atoms with E-state index in [1.54, 1.807) is 0 Å². The molecule has 3 amide bonds. The highest BCUT2D eigenvalue weighted by Crippen LogP contribution is 2.34. The molecule has 0 aromatic heterocycles. The predicted molar refractivity (Wildman–Crippen MR) is 67.1 cm³/mol. The molecule has 7 nitrogen and oxygen atoms in total. The van der Waals surface area contributed by atoms with Gasteiger partial charge < -0.3 is 10.1 Å². The Bertz CT molecular complexity index is 459. The lowest BCUT2D eigenvalue weighted by Gasteiger charge is -2.14. The number of nitrogens with one attached hydrogen (secondary N) is 1. The summed E-state index contributed by atoms with van der Waals surface area (Å²) in [6.07, 6.45) is 4.80. The van der Waals surface area contributed by atoms with Gasteiger partial charge >= 0.3 is 5.97 Å². The van der Waals surface area contributed by atoms with Crippen molar-refractivity contribution in [1.29, 1.82) is 0 Å². The zero-order valence-corrected chi connectivity index (χ0v) is 11.1. The van der Waals surface area contributed by atoms with Crippen LogP contribution in [-0.4, -0.2) is 48.8 Å². The Kier molecular flexibility index (Phi) is 4.16. The molecule has 108 valence electrons. The second-order valence-electron chi connectivity index (χ2n) is 4.75. The third kappa shape index (κ3) is 2.71. The Morgan fingerprint density at radius 3 is 2.30 bits per heavy atom. The first kappa shape index (κ1) is 14.2. The monoisotopic (exact) mass is 280 g/mol. The summed E-state index contributed by atoms with van der Waals surface area (Å²) in [7, 11) is 1.42. The van der Waals surface area contributed by atoms with Crippen LogP contribution in [0.5, 0.6) is 0 Å². The minimum atomic E-state index is -0.762. The summed E-state index contributed by atoms with van der Waals surface area (Å²) in [5, 5.41) is 2.30. The maximum atomic E-state index is 12.1. The molecule has 2 aliphatic rings. The number of amides is 3. The van der Waals surface area contributed by atoms with Crippen LogP contribution in [0.25, 0.3) is 0 Å². The molecule has 0 aromatic rings. The van der Waals surface area contributed by atoms with Crippen LogP contribution in [0, 0.1) is 11.8 Å². The van der Waals surface area contributed by atoms with Crippen LogP contribution in [0.4, 0.5) is 0 Å².